The van der Waals surface area contributed by atoms with Crippen LogP contribution in [0.4, 0.5) is 5.69 Å². The van der Waals surface area contributed by atoms with Crippen LogP contribution >= 0.6 is 11.6 Å². The van der Waals surface area contributed by atoms with Crippen LogP contribution in [0.1, 0.15) is 32.7 Å². The molecule has 4 rings (SSSR count). The molecule has 7 heteroatoms. The van der Waals surface area contributed by atoms with Gasteiger partial charge in [-0.2, -0.15) is 0 Å². The van der Waals surface area contributed by atoms with E-state index in [2.05, 4.69) is 4.90 Å². The minimum Gasteiger partial charge on any atom is -0.367 e. The number of piperazine rings is 1. The Hall–Kier alpha value is -2.86. The molecule has 3 amide bonds. The first-order valence-corrected chi connectivity index (χ1v) is 10.1. The lowest BCUT2D eigenvalue weighted by molar-refractivity contribution is -0.131. The van der Waals surface area contributed by atoms with E-state index in [0.717, 1.165) is 11.3 Å². The molecule has 0 bridgehead atoms. The number of carbonyl (C=O) groups excluding carboxylic acids is 3. The summed E-state index contributed by atoms with van der Waals surface area (Å²) in [5.74, 6) is -0.678. The van der Waals surface area contributed by atoms with E-state index in [1.54, 1.807) is 17.0 Å². The topological polar surface area (TPSA) is 60.9 Å². The molecular formula is C22H22ClN3O3. The third kappa shape index (κ3) is 3.72. The average molecular weight is 412 g/mol. The van der Waals surface area contributed by atoms with Gasteiger partial charge in [0.15, 0.2) is 0 Å². The number of imide groups is 1. The molecule has 29 heavy (non-hydrogen) atoms. The van der Waals surface area contributed by atoms with Gasteiger partial charge < -0.3 is 9.80 Å². The minimum absolute atomic E-state index is 0.0449. The second-order valence-corrected chi connectivity index (χ2v) is 7.79. The highest BCUT2D eigenvalue weighted by Gasteiger charge is 2.35. The number of hydrogen-bond acceptors (Lipinski definition) is 4. The average Bonchev–Trinajstić information content (AvgIpc) is 2.96. The van der Waals surface area contributed by atoms with Gasteiger partial charge in [-0.15, -0.1) is 0 Å². The summed E-state index contributed by atoms with van der Waals surface area (Å²) in [5.41, 5.74) is 2.75. The van der Waals surface area contributed by atoms with Crippen molar-refractivity contribution in [2.24, 2.45) is 0 Å². The van der Waals surface area contributed by atoms with Gasteiger partial charge in [0.2, 0.25) is 5.91 Å². The monoisotopic (exact) mass is 411 g/mol. The van der Waals surface area contributed by atoms with Crippen molar-refractivity contribution in [3.63, 3.8) is 0 Å². The Morgan fingerprint density at radius 1 is 0.966 bits per heavy atom. The molecule has 0 aliphatic carbocycles. The molecule has 0 saturated carbocycles. The molecule has 2 aromatic carbocycles. The fourth-order valence-electron chi connectivity index (χ4n) is 3.88. The molecule has 0 atom stereocenters. The van der Waals surface area contributed by atoms with E-state index in [1.807, 2.05) is 37.3 Å². The minimum atomic E-state index is -0.318. The van der Waals surface area contributed by atoms with Crippen LogP contribution in [-0.2, 0) is 4.79 Å². The Balaban J connectivity index is 1.33. The number of hydrogen-bond donors (Lipinski definition) is 0. The normalized spacial score (nSPS) is 16.4. The Kier molecular flexibility index (Phi) is 5.28. The Morgan fingerprint density at radius 3 is 2.38 bits per heavy atom. The fraction of sp³-hybridized carbons (Fsp3) is 0.318. The van der Waals surface area contributed by atoms with Crippen LogP contribution in [-0.4, -0.2) is 60.2 Å². The highest BCUT2D eigenvalue weighted by atomic mass is 35.5. The number of amides is 3. The molecule has 2 aliphatic rings. The number of aryl methyl sites for hydroxylation is 1. The van der Waals surface area contributed by atoms with Crippen LogP contribution in [0.2, 0.25) is 5.02 Å². The molecule has 2 heterocycles. The Labute approximate surface area is 174 Å². The largest absolute Gasteiger partial charge is 0.367 e. The highest BCUT2D eigenvalue weighted by molar-refractivity contribution is 6.33. The number of fused-ring (bicyclic) bond motifs is 1. The Morgan fingerprint density at radius 2 is 1.66 bits per heavy atom. The smallest absolute Gasteiger partial charge is 0.261 e. The lowest BCUT2D eigenvalue weighted by atomic mass is 10.1. The van der Waals surface area contributed by atoms with Crippen LogP contribution < -0.4 is 4.90 Å². The second kappa shape index (κ2) is 7.87. The highest BCUT2D eigenvalue weighted by Crippen LogP contribution is 2.27. The van der Waals surface area contributed by atoms with Crippen LogP contribution in [0.25, 0.3) is 0 Å². The van der Waals surface area contributed by atoms with Crippen molar-refractivity contribution in [2.75, 3.05) is 37.6 Å². The molecule has 1 saturated heterocycles. The van der Waals surface area contributed by atoms with Crippen molar-refractivity contribution in [3.05, 3.63) is 64.2 Å². The SMILES string of the molecule is Cc1ccc2c(c1)C(=O)N(CCC(=O)N1CCN(c3ccccc3Cl)CC1)C2=O. The first-order chi connectivity index (χ1) is 14.0. The summed E-state index contributed by atoms with van der Waals surface area (Å²) in [6, 6.07) is 12.9. The summed E-state index contributed by atoms with van der Waals surface area (Å²) < 4.78 is 0. The van der Waals surface area contributed by atoms with Crippen molar-refractivity contribution in [2.45, 2.75) is 13.3 Å². The first-order valence-electron chi connectivity index (χ1n) is 9.70. The van der Waals surface area contributed by atoms with Crippen molar-refractivity contribution in [3.8, 4) is 0 Å². The van der Waals surface area contributed by atoms with Crippen LogP contribution in [0, 0.1) is 6.92 Å². The molecule has 0 spiro atoms. The third-order valence-electron chi connectivity index (χ3n) is 5.50. The number of para-hydroxylation sites is 1. The number of carbonyl (C=O) groups is 3. The van der Waals surface area contributed by atoms with E-state index >= 15 is 0 Å². The molecule has 2 aromatic rings. The quantitative estimate of drug-likeness (QED) is 0.726. The molecule has 0 aromatic heterocycles. The predicted molar refractivity (Wildman–Crippen MR) is 111 cm³/mol. The van der Waals surface area contributed by atoms with Crippen LogP contribution in [0.3, 0.4) is 0 Å². The zero-order valence-electron chi connectivity index (χ0n) is 16.2. The molecular weight excluding hydrogens is 390 g/mol. The number of rotatable bonds is 4. The maximum absolute atomic E-state index is 12.6. The number of nitrogens with zero attached hydrogens (tertiary/aromatic N) is 3. The van der Waals surface area contributed by atoms with Crippen molar-refractivity contribution in [1.29, 1.82) is 0 Å². The second-order valence-electron chi connectivity index (χ2n) is 7.38. The zero-order chi connectivity index (χ0) is 20.5. The summed E-state index contributed by atoms with van der Waals surface area (Å²) in [6.07, 6.45) is 0.135. The molecule has 0 N–H and O–H groups in total. The number of halogens is 1. The molecule has 1 fully saturated rings. The van der Waals surface area contributed by atoms with E-state index in [-0.39, 0.29) is 30.7 Å². The summed E-state index contributed by atoms with van der Waals surface area (Å²) in [6.45, 7) is 4.56. The van der Waals surface area contributed by atoms with Crippen molar-refractivity contribution in [1.82, 2.24) is 9.80 Å². The maximum Gasteiger partial charge on any atom is 0.261 e. The predicted octanol–water partition coefficient (Wildman–Crippen LogP) is 2.98. The zero-order valence-corrected chi connectivity index (χ0v) is 17.0. The summed E-state index contributed by atoms with van der Waals surface area (Å²) in [4.78, 5) is 42.8. The molecule has 150 valence electrons. The standard InChI is InChI=1S/C22H22ClN3O3/c1-15-6-7-16-17(14-15)22(29)26(21(16)28)9-8-20(27)25-12-10-24(11-13-25)19-5-3-2-4-18(19)23/h2-7,14H,8-13H2,1H3. The molecule has 0 unspecified atom stereocenters. The fourth-order valence-corrected chi connectivity index (χ4v) is 4.13. The van der Waals surface area contributed by atoms with Gasteiger partial charge in [0.1, 0.15) is 0 Å². The summed E-state index contributed by atoms with van der Waals surface area (Å²) in [5, 5.41) is 0.702. The molecule has 2 aliphatic heterocycles. The lowest BCUT2D eigenvalue weighted by Crippen LogP contribution is -2.49. The van der Waals surface area contributed by atoms with Crippen molar-refractivity contribution < 1.29 is 14.4 Å². The first kappa shape index (κ1) is 19.5. The van der Waals surface area contributed by atoms with E-state index in [4.69, 9.17) is 11.6 Å². The number of benzene rings is 2. The van der Waals surface area contributed by atoms with Crippen molar-refractivity contribution >= 4 is 35.0 Å². The summed E-state index contributed by atoms with van der Waals surface area (Å²) in [7, 11) is 0. The Bertz CT molecular complexity index is 983. The summed E-state index contributed by atoms with van der Waals surface area (Å²) >= 11 is 6.26. The van der Waals surface area contributed by atoms with Gasteiger partial charge in [0.25, 0.3) is 11.8 Å². The van der Waals surface area contributed by atoms with Crippen LogP contribution in [0.15, 0.2) is 42.5 Å². The van der Waals surface area contributed by atoms with E-state index < -0.39 is 0 Å². The van der Waals surface area contributed by atoms with Gasteiger partial charge in [-0.25, -0.2) is 0 Å². The maximum atomic E-state index is 12.6. The van der Waals surface area contributed by atoms with E-state index in [1.165, 1.54) is 4.90 Å². The van der Waals surface area contributed by atoms with E-state index in [9.17, 15) is 14.4 Å². The van der Waals surface area contributed by atoms with Gasteiger partial charge in [-0.1, -0.05) is 35.4 Å². The number of anilines is 1. The van der Waals surface area contributed by atoms with Gasteiger partial charge in [0.05, 0.1) is 21.8 Å². The molecule has 6 nitrogen and oxygen atoms in total. The third-order valence-corrected chi connectivity index (χ3v) is 5.82. The van der Waals surface area contributed by atoms with Gasteiger partial charge in [0, 0.05) is 39.1 Å². The van der Waals surface area contributed by atoms with Gasteiger partial charge in [-0.05, 0) is 31.2 Å². The van der Waals surface area contributed by atoms with Crippen LogP contribution in [0.5, 0.6) is 0 Å². The molecule has 0 radical (unpaired) electrons. The van der Waals surface area contributed by atoms with Gasteiger partial charge in [-0.3, -0.25) is 19.3 Å². The van der Waals surface area contributed by atoms with E-state index in [0.29, 0.717) is 42.3 Å². The van der Waals surface area contributed by atoms with Gasteiger partial charge >= 0.3 is 0 Å². The lowest BCUT2D eigenvalue weighted by Gasteiger charge is -2.36.